The fraction of sp³-hybridized carbons (Fsp3) is 0.476. The van der Waals surface area contributed by atoms with Crippen LogP contribution < -0.4 is 10.6 Å². The third-order valence-corrected chi connectivity index (χ3v) is 11.0. The van der Waals surface area contributed by atoms with Crippen LogP contribution in [0.1, 0.15) is 127 Å². The molecule has 2 aromatic carbocycles. The minimum atomic E-state index is -0.151. The Balaban J connectivity index is 1.12. The normalized spacial score (nSPS) is 24.7. The molecule has 0 atom stereocenters. The molecule has 0 aliphatic heterocycles. The van der Waals surface area contributed by atoms with Crippen molar-refractivity contribution in [3.8, 4) is 0 Å². The van der Waals surface area contributed by atoms with Gasteiger partial charge in [-0.05, 0) is 135 Å². The molecule has 4 heteroatoms. The van der Waals surface area contributed by atoms with Gasteiger partial charge in [0.25, 0.3) is 0 Å². The maximum Gasteiger partial charge on any atom is 0.188 e. The molecule has 6 rings (SSSR count). The van der Waals surface area contributed by atoms with E-state index >= 15 is 0 Å². The van der Waals surface area contributed by atoms with Gasteiger partial charge in [0.05, 0.1) is 22.5 Å². The summed E-state index contributed by atoms with van der Waals surface area (Å²) in [5.41, 5.74) is 6.85. The Morgan fingerprint density at radius 3 is 1.24 bits per heavy atom. The molecule has 46 heavy (non-hydrogen) atoms. The van der Waals surface area contributed by atoms with Crippen LogP contribution in [-0.4, -0.2) is 11.6 Å². The van der Waals surface area contributed by atoms with Gasteiger partial charge >= 0.3 is 0 Å². The lowest BCUT2D eigenvalue weighted by Gasteiger charge is -2.29. The van der Waals surface area contributed by atoms with Crippen LogP contribution in [0.5, 0.6) is 0 Å². The number of fused-ring (bicyclic) bond motifs is 1. The van der Waals surface area contributed by atoms with Crippen molar-refractivity contribution in [3.05, 3.63) is 107 Å². The molecule has 0 aromatic heterocycles. The van der Waals surface area contributed by atoms with E-state index in [0.717, 1.165) is 23.2 Å². The molecule has 4 aliphatic carbocycles. The summed E-state index contributed by atoms with van der Waals surface area (Å²) in [7, 11) is 0. The number of hydrogen-bond donors (Lipinski definition) is 2. The van der Waals surface area contributed by atoms with Gasteiger partial charge in [-0.25, -0.2) is 0 Å². The Kier molecular flexibility index (Phi) is 10.7. The molecule has 0 saturated heterocycles. The molecule has 0 bridgehead atoms. The molecule has 0 amide bonds. The van der Waals surface area contributed by atoms with Crippen molar-refractivity contribution < 1.29 is 9.59 Å². The van der Waals surface area contributed by atoms with E-state index in [2.05, 4.69) is 73.0 Å². The minimum Gasteiger partial charge on any atom is -0.355 e. The molecular weight excluding hydrogens is 564 g/mol. The first-order chi connectivity index (χ1) is 22.5. The van der Waals surface area contributed by atoms with Crippen molar-refractivity contribution in [2.24, 2.45) is 11.8 Å². The lowest BCUT2D eigenvalue weighted by molar-refractivity contribution is -0.114. The molecule has 2 fully saturated rings. The second-order valence-electron chi connectivity index (χ2n) is 14.2. The first-order valence-corrected chi connectivity index (χ1v) is 18.2. The van der Waals surface area contributed by atoms with Crippen molar-refractivity contribution in [1.82, 2.24) is 0 Å². The number of ketones is 2. The van der Waals surface area contributed by atoms with Crippen molar-refractivity contribution in [2.45, 2.75) is 116 Å². The highest BCUT2D eigenvalue weighted by Gasteiger charge is 2.31. The number of hydrogen-bond acceptors (Lipinski definition) is 4. The topological polar surface area (TPSA) is 58.2 Å². The van der Waals surface area contributed by atoms with Gasteiger partial charge in [-0.2, -0.15) is 0 Å². The van der Waals surface area contributed by atoms with E-state index in [0.29, 0.717) is 34.4 Å². The van der Waals surface area contributed by atoms with E-state index in [4.69, 9.17) is 0 Å². The van der Waals surface area contributed by atoms with E-state index in [9.17, 15) is 9.59 Å². The third kappa shape index (κ3) is 7.65. The molecule has 2 N–H and O–H groups in total. The van der Waals surface area contributed by atoms with Gasteiger partial charge in [0, 0.05) is 11.4 Å². The summed E-state index contributed by atoms with van der Waals surface area (Å²) in [5, 5.41) is 6.92. The monoisotopic (exact) mass is 616 g/mol. The SMILES string of the molecule is CCCC[C@H]1CC[C@H](c2ccc(NC3=C4C(=O)C=CC(Nc5ccc([C@H]6CC[C@H](CCCC)CC6)cc5)=C4C(=O)C=C3)cc2)CC1. The largest absolute Gasteiger partial charge is 0.355 e. The number of anilines is 2. The summed E-state index contributed by atoms with van der Waals surface area (Å²) in [4.78, 5) is 26.4. The quantitative estimate of drug-likeness (QED) is 0.249. The maximum absolute atomic E-state index is 13.2. The fourth-order valence-corrected chi connectivity index (χ4v) is 8.18. The lowest BCUT2D eigenvalue weighted by Crippen LogP contribution is -2.24. The standard InChI is InChI=1S/C42H52N2O2/c1-3-5-7-29-9-13-31(14-10-29)33-17-21-35(22-18-33)43-37-25-27-40(46)42-38(26-28-39(45)41(37)42)44-36-23-19-34(20-24-36)32-15-11-30(12-16-32)8-6-4-2/h17-32,43-44H,3-16H2,1-2H3/t29-,30-,31-,32-. The highest BCUT2D eigenvalue weighted by Crippen LogP contribution is 2.40. The molecule has 242 valence electrons. The van der Waals surface area contributed by atoms with Crippen LogP contribution in [0, 0.1) is 11.8 Å². The van der Waals surface area contributed by atoms with Gasteiger partial charge in [-0.3, -0.25) is 9.59 Å². The average Bonchev–Trinajstić information content (AvgIpc) is 3.10. The van der Waals surface area contributed by atoms with Crippen LogP contribution in [0.4, 0.5) is 11.4 Å². The number of allylic oxidation sites excluding steroid dienone is 6. The number of nitrogens with one attached hydrogen (secondary N) is 2. The highest BCUT2D eigenvalue weighted by atomic mass is 16.1. The fourth-order valence-electron chi connectivity index (χ4n) is 8.18. The molecular formula is C42H52N2O2. The van der Waals surface area contributed by atoms with Crippen LogP contribution in [0.2, 0.25) is 0 Å². The van der Waals surface area contributed by atoms with E-state index in [1.807, 2.05) is 0 Å². The van der Waals surface area contributed by atoms with Crippen LogP contribution in [0.3, 0.4) is 0 Å². The first-order valence-electron chi connectivity index (χ1n) is 18.2. The van der Waals surface area contributed by atoms with Crippen LogP contribution in [0.15, 0.2) is 95.4 Å². The number of benzene rings is 2. The Labute approximate surface area is 276 Å². The Morgan fingerprint density at radius 1 is 0.522 bits per heavy atom. The predicted octanol–water partition coefficient (Wildman–Crippen LogP) is 10.9. The summed E-state index contributed by atoms with van der Waals surface area (Å²) >= 11 is 0. The minimum absolute atomic E-state index is 0.151. The second-order valence-corrected chi connectivity index (χ2v) is 14.2. The number of rotatable bonds is 12. The van der Waals surface area contributed by atoms with Crippen molar-refractivity contribution >= 4 is 22.9 Å². The zero-order valence-electron chi connectivity index (χ0n) is 28.0. The molecule has 0 radical (unpaired) electrons. The van der Waals surface area contributed by atoms with Crippen molar-refractivity contribution in [2.75, 3.05) is 10.6 Å². The van der Waals surface area contributed by atoms with E-state index in [-0.39, 0.29) is 11.6 Å². The Hall–Kier alpha value is -3.66. The lowest BCUT2D eigenvalue weighted by atomic mass is 9.77. The van der Waals surface area contributed by atoms with Gasteiger partial charge in [0.2, 0.25) is 0 Å². The Morgan fingerprint density at radius 2 is 0.891 bits per heavy atom. The first kappa shape index (κ1) is 32.3. The molecule has 2 aromatic rings. The van der Waals surface area contributed by atoms with Gasteiger partial charge < -0.3 is 10.6 Å². The van der Waals surface area contributed by atoms with Gasteiger partial charge in [-0.15, -0.1) is 0 Å². The van der Waals surface area contributed by atoms with E-state index in [1.54, 1.807) is 24.3 Å². The zero-order valence-corrected chi connectivity index (χ0v) is 28.0. The number of unbranched alkanes of at least 4 members (excludes halogenated alkanes) is 2. The van der Waals surface area contributed by atoms with Crippen LogP contribution >= 0.6 is 0 Å². The average molecular weight is 617 g/mol. The third-order valence-electron chi connectivity index (χ3n) is 11.0. The van der Waals surface area contributed by atoms with E-state index < -0.39 is 0 Å². The molecule has 0 spiro atoms. The van der Waals surface area contributed by atoms with Crippen molar-refractivity contribution in [3.63, 3.8) is 0 Å². The summed E-state index contributed by atoms with van der Waals surface area (Å²) in [6.45, 7) is 4.57. The van der Waals surface area contributed by atoms with Crippen LogP contribution in [0.25, 0.3) is 0 Å². The zero-order chi connectivity index (χ0) is 31.9. The summed E-state index contributed by atoms with van der Waals surface area (Å²) in [5.74, 6) is 2.77. The van der Waals surface area contributed by atoms with Gasteiger partial charge in [-0.1, -0.05) is 76.6 Å². The molecule has 0 heterocycles. The van der Waals surface area contributed by atoms with E-state index in [1.165, 1.54) is 101 Å². The molecule has 4 nitrogen and oxygen atoms in total. The predicted molar refractivity (Wildman–Crippen MR) is 191 cm³/mol. The summed E-state index contributed by atoms with van der Waals surface area (Å²) in [6.07, 6.45) is 25.1. The van der Waals surface area contributed by atoms with Gasteiger partial charge in [0.1, 0.15) is 0 Å². The van der Waals surface area contributed by atoms with Crippen LogP contribution in [-0.2, 0) is 9.59 Å². The Bertz CT molecular complexity index is 1380. The molecule has 4 aliphatic rings. The number of carbonyl (C=O) groups is 2. The molecule has 0 unspecified atom stereocenters. The second kappa shape index (κ2) is 15.3. The smallest absolute Gasteiger partial charge is 0.188 e. The summed E-state index contributed by atoms with van der Waals surface area (Å²) < 4.78 is 0. The summed E-state index contributed by atoms with van der Waals surface area (Å²) in [6, 6.07) is 17.4. The highest BCUT2D eigenvalue weighted by molar-refractivity contribution is 6.23. The molecule has 2 saturated carbocycles. The van der Waals surface area contributed by atoms with Gasteiger partial charge in [0.15, 0.2) is 11.6 Å². The van der Waals surface area contributed by atoms with Crippen molar-refractivity contribution in [1.29, 1.82) is 0 Å². The maximum atomic E-state index is 13.2. The number of carbonyl (C=O) groups excluding carboxylic acids is 2.